The van der Waals surface area contributed by atoms with Crippen molar-refractivity contribution in [2.24, 2.45) is 0 Å². The van der Waals surface area contributed by atoms with Crippen LogP contribution in [0.4, 0.5) is 13.2 Å². The fourth-order valence-electron chi connectivity index (χ4n) is 1.25. The number of nitrogens with zero attached hydrogens (tertiary/aromatic N) is 2. The minimum absolute atomic E-state index is 0.457. The topological polar surface area (TPSA) is 17.8 Å². The number of rotatable bonds is 1. The van der Waals surface area contributed by atoms with E-state index in [9.17, 15) is 13.2 Å². The van der Waals surface area contributed by atoms with Crippen LogP contribution in [0.3, 0.4) is 0 Å². The summed E-state index contributed by atoms with van der Waals surface area (Å²) in [7, 11) is 1.35. The van der Waals surface area contributed by atoms with E-state index in [1.165, 1.54) is 9.12 Å². The van der Waals surface area contributed by atoms with Crippen LogP contribution in [0, 0.1) is 0 Å². The highest BCUT2D eigenvalue weighted by Gasteiger charge is 2.31. The number of pyridine rings is 1. The summed E-state index contributed by atoms with van der Waals surface area (Å²) >= 11 is 5.25. The van der Waals surface area contributed by atoms with Gasteiger partial charge in [0.2, 0.25) is 0 Å². The van der Waals surface area contributed by atoms with Gasteiger partial charge in [0.15, 0.2) is 5.65 Å². The Balaban J connectivity index is 2.67. The zero-order valence-corrected chi connectivity index (χ0v) is 12.0. The molecule has 0 unspecified atom stereocenters. The van der Waals surface area contributed by atoms with E-state index < -0.39 is 11.7 Å². The summed E-state index contributed by atoms with van der Waals surface area (Å²) in [6.07, 6.45) is -1.83. The molecule has 0 saturated heterocycles. The summed E-state index contributed by atoms with van der Waals surface area (Å²) in [4.78, 5) is 3.83. The third kappa shape index (κ3) is 2.19. The maximum atomic E-state index is 12.5. The second-order valence-electron chi connectivity index (χ2n) is 2.96. The first-order valence-electron chi connectivity index (χ1n) is 3.96. The molecule has 2 nitrogen and oxygen atoms in total. The van der Waals surface area contributed by atoms with Gasteiger partial charge in [-0.1, -0.05) is 0 Å². The lowest BCUT2D eigenvalue weighted by molar-refractivity contribution is -0.137. The Hall–Kier alpha value is 0.0400. The van der Waals surface area contributed by atoms with Crippen molar-refractivity contribution in [1.29, 1.82) is 0 Å². The summed E-state index contributed by atoms with van der Waals surface area (Å²) in [5.41, 5.74) is -0.226. The Morgan fingerprint density at radius 2 is 2.12 bits per heavy atom. The molecule has 2 aromatic heterocycles. The smallest absolute Gasteiger partial charge is 0.265 e. The first kappa shape index (κ1) is 12.5. The van der Waals surface area contributed by atoms with E-state index in [0.717, 1.165) is 12.3 Å². The molecule has 0 aliphatic rings. The van der Waals surface area contributed by atoms with Crippen molar-refractivity contribution in [3.63, 3.8) is 0 Å². The molecule has 0 spiro atoms. The fourth-order valence-corrected chi connectivity index (χ4v) is 3.14. The van der Waals surface area contributed by atoms with Crippen LogP contribution >= 0.6 is 46.3 Å². The predicted octanol–water partition coefficient (Wildman–Crippen LogP) is 4.66. The zero-order valence-electron chi connectivity index (χ0n) is 7.42. The van der Waals surface area contributed by atoms with Crippen molar-refractivity contribution in [1.82, 2.24) is 8.96 Å². The number of halogens is 5. The Morgan fingerprint density at radius 1 is 1.44 bits per heavy atom. The molecule has 0 N–H and O–H groups in total. The Morgan fingerprint density at radius 3 is 2.69 bits per heavy atom. The number of hydrogen-bond acceptors (Lipinski definition) is 2. The number of alkyl halides is 3. The zero-order chi connectivity index (χ0) is 11.9. The van der Waals surface area contributed by atoms with Gasteiger partial charge in [0.1, 0.15) is 0 Å². The van der Waals surface area contributed by atoms with Gasteiger partial charge in [0.05, 0.1) is 5.56 Å². The lowest BCUT2D eigenvalue weighted by atomic mass is 10.2. The molecule has 0 aliphatic heterocycles. The second kappa shape index (κ2) is 4.37. The molecule has 0 aliphatic carbocycles. The summed E-state index contributed by atoms with van der Waals surface area (Å²) in [5.74, 6) is 0. The highest BCUT2D eigenvalue weighted by atomic mass is 127. The largest absolute Gasteiger partial charge is 0.417 e. The summed E-state index contributed by atoms with van der Waals surface area (Å²) in [6.45, 7) is 0. The van der Waals surface area contributed by atoms with Crippen molar-refractivity contribution in [2.75, 3.05) is 0 Å². The molecule has 0 bridgehead atoms. The predicted molar refractivity (Wildman–Crippen MR) is 69.4 cm³/mol. The van der Waals surface area contributed by atoms with E-state index >= 15 is 0 Å². The molecular formula is C8H3BrF3IN2S. The van der Waals surface area contributed by atoms with Gasteiger partial charge in [-0.3, -0.25) is 3.97 Å². The van der Waals surface area contributed by atoms with Crippen LogP contribution in [0.5, 0.6) is 0 Å². The van der Waals surface area contributed by atoms with Crippen LogP contribution in [0.25, 0.3) is 11.0 Å². The van der Waals surface area contributed by atoms with Crippen LogP contribution < -0.4 is 0 Å². The van der Waals surface area contributed by atoms with Gasteiger partial charge < -0.3 is 0 Å². The van der Waals surface area contributed by atoms with Crippen LogP contribution in [-0.4, -0.2) is 8.96 Å². The monoisotopic (exact) mass is 422 g/mol. The molecular weight excluding hydrogens is 420 g/mol. The molecule has 8 heteroatoms. The average molecular weight is 423 g/mol. The minimum Gasteiger partial charge on any atom is -0.265 e. The van der Waals surface area contributed by atoms with Crippen molar-refractivity contribution in [2.45, 2.75) is 6.18 Å². The van der Waals surface area contributed by atoms with E-state index in [0.29, 0.717) is 15.5 Å². The maximum absolute atomic E-state index is 12.5. The Labute approximate surface area is 113 Å². The molecule has 2 aromatic rings. The third-order valence-corrected chi connectivity index (χ3v) is 4.30. The van der Waals surface area contributed by atoms with E-state index in [1.54, 1.807) is 10.2 Å². The molecule has 0 radical (unpaired) electrons. The lowest BCUT2D eigenvalue weighted by Gasteiger charge is -2.05. The van der Waals surface area contributed by atoms with Gasteiger partial charge in [-0.2, -0.15) is 13.2 Å². The van der Waals surface area contributed by atoms with Crippen LogP contribution in [0.2, 0.25) is 0 Å². The Kier molecular flexibility index (Phi) is 3.41. The Bertz CT molecular complexity index is 540. The molecule has 16 heavy (non-hydrogen) atoms. The van der Waals surface area contributed by atoms with Crippen molar-refractivity contribution < 1.29 is 13.2 Å². The quantitative estimate of drug-likeness (QED) is 0.622. The standard InChI is InChI=1S/C8H3BrF3IN2S/c9-6-3-15(16-13)7-5(6)1-4(2-14-7)8(10,11)12/h1-3H. The summed E-state index contributed by atoms with van der Waals surface area (Å²) < 4.78 is 39.7. The molecule has 0 atom stereocenters. The highest BCUT2D eigenvalue weighted by Crippen LogP contribution is 2.35. The molecule has 0 fully saturated rings. The number of aromatic nitrogens is 2. The fraction of sp³-hybridized carbons (Fsp3) is 0.125. The van der Waals surface area contributed by atoms with Gasteiger partial charge >= 0.3 is 6.18 Å². The second-order valence-corrected chi connectivity index (χ2v) is 5.53. The maximum Gasteiger partial charge on any atom is 0.417 e. The van der Waals surface area contributed by atoms with Gasteiger partial charge in [0.25, 0.3) is 0 Å². The van der Waals surface area contributed by atoms with Crippen molar-refractivity contribution in [3.05, 3.63) is 28.5 Å². The van der Waals surface area contributed by atoms with Gasteiger partial charge in [-0.15, -0.1) is 0 Å². The molecule has 86 valence electrons. The van der Waals surface area contributed by atoms with Crippen molar-refractivity contribution in [3.8, 4) is 0 Å². The van der Waals surface area contributed by atoms with E-state index in [2.05, 4.69) is 20.9 Å². The minimum atomic E-state index is -4.36. The van der Waals surface area contributed by atoms with Gasteiger partial charge in [-0.05, 0) is 22.0 Å². The first-order valence-corrected chi connectivity index (χ1v) is 8.07. The molecule has 2 rings (SSSR count). The first-order chi connectivity index (χ1) is 7.43. The SMILES string of the molecule is FC(F)(F)c1cnc2c(c1)c(Br)cn2SI. The van der Waals surface area contributed by atoms with Gasteiger partial charge in [-0.25, -0.2) is 4.98 Å². The molecule has 2 heterocycles. The van der Waals surface area contributed by atoms with Crippen LogP contribution in [0.1, 0.15) is 5.56 Å². The van der Waals surface area contributed by atoms with Crippen molar-refractivity contribution >= 4 is 57.3 Å². The lowest BCUT2D eigenvalue weighted by Crippen LogP contribution is -2.05. The average Bonchev–Trinajstić information content (AvgIpc) is 2.54. The van der Waals surface area contributed by atoms with Gasteiger partial charge in [0, 0.05) is 52.6 Å². The van der Waals surface area contributed by atoms with E-state index in [4.69, 9.17) is 0 Å². The third-order valence-electron chi connectivity index (χ3n) is 1.96. The summed E-state index contributed by atoms with van der Waals surface area (Å²) in [5, 5.41) is 0.457. The van der Waals surface area contributed by atoms with Crippen LogP contribution in [-0.2, 0) is 6.18 Å². The normalized spacial score (nSPS) is 12.3. The van der Waals surface area contributed by atoms with Crippen LogP contribution in [0.15, 0.2) is 22.9 Å². The molecule has 0 aromatic carbocycles. The van der Waals surface area contributed by atoms with E-state index in [1.807, 2.05) is 21.2 Å². The molecule has 0 saturated carbocycles. The van der Waals surface area contributed by atoms with E-state index in [-0.39, 0.29) is 0 Å². The number of hydrogen-bond donors (Lipinski definition) is 0. The molecule has 0 amide bonds. The summed E-state index contributed by atoms with van der Waals surface area (Å²) in [6, 6.07) is 1.09. The highest BCUT2D eigenvalue weighted by molar-refractivity contribution is 14.2. The number of fused-ring (bicyclic) bond motifs is 1.